The van der Waals surface area contributed by atoms with Crippen LogP contribution in [0.1, 0.15) is 77.6 Å². The van der Waals surface area contributed by atoms with Crippen LogP contribution in [0.25, 0.3) is 21.9 Å². The van der Waals surface area contributed by atoms with Gasteiger partial charge in [-0.05, 0) is 46.8 Å². The molecule has 3 aromatic rings. The maximum atomic E-state index is 4.93. The zero-order valence-electron chi connectivity index (χ0n) is 20.6. The van der Waals surface area contributed by atoms with Gasteiger partial charge >= 0.3 is 37.9 Å². The normalized spacial score (nSPS) is 12.1. The molecule has 3 aromatic carbocycles. The number of fused-ring (bicyclic) bond motifs is 1. The van der Waals surface area contributed by atoms with Crippen molar-refractivity contribution in [1.29, 1.82) is 0 Å². The summed E-state index contributed by atoms with van der Waals surface area (Å²) in [6.07, 6.45) is 1.14. The van der Waals surface area contributed by atoms with E-state index in [4.69, 9.17) is 17.0 Å². The molecule has 0 fully saturated rings. The predicted molar refractivity (Wildman–Crippen MR) is 137 cm³/mol. The molecular formula is C28H37Cl2Zr-. The van der Waals surface area contributed by atoms with Gasteiger partial charge in [0.25, 0.3) is 0 Å². The predicted octanol–water partition coefficient (Wildman–Crippen LogP) is 9.70. The third kappa shape index (κ3) is 7.00. The Kier molecular flexibility index (Phi) is 9.18. The molecule has 0 radical (unpaired) electrons. The van der Waals surface area contributed by atoms with Crippen molar-refractivity contribution in [3.05, 3.63) is 64.7 Å². The number of hydrogen-bond acceptors (Lipinski definition) is 0. The number of benzene rings is 2. The zero-order chi connectivity index (χ0) is 23.6. The van der Waals surface area contributed by atoms with Crippen LogP contribution < -0.4 is 0 Å². The van der Waals surface area contributed by atoms with Gasteiger partial charge in [0.05, 0.1) is 0 Å². The van der Waals surface area contributed by atoms with Gasteiger partial charge < -0.3 is 0 Å². The second-order valence-corrected chi connectivity index (χ2v) is 14.8. The summed E-state index contributed by atoms with van der Waals surface area (Å²) in [6.45, 7) is 20.7. The molecule has 0 aliphatic carbocycles. The van der Waals surface area contributed by atoms with E-state index < -0.39 is 20.8 Å². The molecule has 0 spiro atoms. The fourth-order valence-electron chi connectivity index (χ4n) is 4.06. The van der Waals surface area contributed by atoms with Crippen LogP contribution >= 0.6 is 17.0 Å². The summed E-state index contributed by atoms with van der Waals surface area (Å²) in [5, 5.41) is 2.77. The van der Waals surface area contributed by atoms with Crippen LogP contribution in [0.3, 0.4) is 0 Å². The van der Waals surface area contributed by atoms with Crippen molar-refractivity contribution in [1.82, 2.24) is 0 Å². The maximum absolute atomic E-state index is 4.93. The first-order valence-electron chi connectivity index (χ1n) is 11.1. The summed E-state index contributed by atoms with van der Waals surface area (Å²) in [5.74, 6) is 0.679. The Morgan fingerprint density at radius 3 is 1.84 bits per heavy atom. The van der Waals surface area contributed by atoms with Gasteiger partial charge in [0, 0.05) is 0 Å². The van der Waals surface area contributed by atoms with E-state index in [1.165, 1.54) is 44.2 Å². The summed E-state index contributed by atoms with van der Waals surface area (Å²) >= 11 is -0.826. The van der Waals surface area contributed by atoms with Crippen molar-refractivity contribution in [3.63, 3.8) is 0 Å². The Labute approximate surface area is 208 Å². The average molecular weight is 536 g/mol. The molecule has 0 amide bonds. The summed E-state index contributed by atoms with van der Waals surface area (Å²) in [4.78, 5) is 0. The summed E-state index contributed by atoms with van der Waals surface area (Å²) in [5.41, 5.74) is 8.69. The molecule has 168 valence electrons. The van der Waals surface area contributed by atoms with Crippen molar-refractivity contribution in [2.75, 3.05) is 0 Å². The molecule has 0 aliphatic rings. The Morgan fingerprint density at radius 2 is 1.39 bits per heavy atom. The van der Waals surface area contributed by atoms with Crippen LogP contribution in [0.15, 0.2) is 42.5 Å². The second-order valence-electron chi connectivity index (χ2n) is 11.1. The monoisotopic (exact) mass is 533 g/mol. The van der Waals surface area contributed by atoms with Crippen molar-refractivity contribution in [2.45, 2.75) is 79.6 Å². The number of halogens is 2. The molecule has 0 saturated heterocycles. The Bertz CT molecular complexity index is 982. The minimum absolute atomic E-state index is 0.132. The molecular weight excluding hydrogens is 498 g/mol. The number of rotatable bonds is 3. The van der Waals surface area contributed by atoms with E-state index in [0.717, 1.165) is 6.42 Å². The Hall–Kier alpha value is -0.487. The minimum atomic E-state index is -0.826. The molecule has 0 nitrogen and oxygen atoms in total. The summed E-state index contributed by atoms with van der Waals surface area (Å²) in [7, 11) is 9.87. The van der Waals surface area contributed by atoms with E-state index in [9.17, 15) is 0 Å². The topological polar surface area (TPSA) is 0 Å². The number of hydrogen-bond donors (Lipinski definition) is 0. The van der Waals surface area contributed by atoms with Crippen LogP contribution in [0, 0.1) is 12.8 Å². The van der Waals surface area contributed by atoms with Crippen LogP contribution in [0.4, 0.5) is 0 Å². The Balaban J connectivity index is 0.00000107. The van der Waals surface area contributed by atoms with Crippen molar-refractivity contribution in [2.24, 2.45) is 5.92 Å². The van der Waals surface area contributed by atoms with Crippen LogP contribution in [-0.4, -0.2) is 0 Å². The fraction of sp³-hybridized carbons (Fsp3) is 0.464. The summed E-state index contributed by atoms with van der Waals surface area (Å²) in [6, 6.07) is 16.6. The number of aryl methyl sites for hydroxylation is 1. The SMILES string of the molecule is Cc1ccc2[cH-]c(CC(C)C)cc2c1-c1cc(C(C)(C)C)cc(C(C)(C)C)c1.[Cl][Zr][Cl]. The van der Waals surface area contributed by atoms with Gasteiger partial charge in [0.15, 0.2) is 0 Å². The first kappa shape index (κ1) is 26.8. The molecule has 3 heteroatoms. The van der Waals surface area contributed by atoms with Crippen molar-refractivity contribution >= 4 is 27.8 Å². The molecule has 0 unspecified atom stereocenters. The fourth-order valence-corrected chi connectivity index (χ4v) is 4.06. The van der Waals surface area contributed by atoms with Gasteiger partial charge in [-0.3, -0.25) is 0 Å². The second kappa shape index (κ2) is 10.6. The van der Waals surface area contributed by atoms with E-state index in [1.807, 2.05) is 0 Å². The third-order valence-electron chi connectivity index (χ3n) is 5.76. The molecule has 0 atom stereocenters. The Morgan fingerprint density at radius 1 is 0.871 bits per heavy atom. The molecule has 0 bridgehead atoms. The third-order valence-corrected chi connectivity index (χ3v) is 5.76. The van der Waals surface area contributed by atoms with Gasteiger partial charge in [-0.2, -0.15) is 6.07 Å². The van der Waals surface area contributed by atoms with E-state index in [0.29, 0.717) is 5.92 Å². The van der Waals surface area contributed by atoms with E-state index in [2.05, 4.69) is 105 Å². The summed E-state index contributed by atoms with van der Waals surface area (Å²) < 4.78 is 0. The molecule has 0 aromatic heterocycles. The van der Waals surface area contributed by atoms with Gasteiger partial charge in [-0.1, -0.05) is 84.7 Å². The average Bonchev–Trinajstić information content (AvgIpc) is 3.02. The van der Waals surface area contributed by atoms with Crippen molar-refractivity contribution in [3.8, 4) is 11.1 Å². The van der Waals surface area contributed by atoms with Crippen LogP contribution in [0.2, 0.25) is 0 Å². The molecule has 0 heterocycles. The van der Waals surface area contributed by atoms with E-state index >= 15 is 0 Å². The molecule has 31 heavy (non-hydrogen) atoms. The van der Waals surface area contributed by atoms with Crippen LogP contribution in [-0.2, 0) is 38.1 Å². The van der Waals surface area contributed by atoms with Gasteiger partial charge in [-0.15, -0.1) is 34.5 Å². The first-order valence-corrected chi connectivity index (χ1v) is 17.4. The van der Waals surface area contributed by atoms with Gasteiger partial charge in [-0.25, -0.2) is 0 Å². The quantitative estimate of drug-likeness (QED) is 0.293. The van der Waals surface area contributed by atoms with Gasteiger partial charge in [0.2, 0.25) is 0 Å². The van der Waals surface area contributed by atoms with E-state index in [1.54, 1.807) is 0 Å². The van der Waals surface area contributed by atoms with Crippen LogP contribution in [0.5, 0.6) is 0 Å². The first-order chi connectivity index (χ1) is 14.3. The molecule has 3 rings (SSSR count). The van der Waals surface area contributed by atoms with Crippen molar-refractivity contribution < 1.29 is 20.8 Å². The molecule has 0 N–H and O–H groups in total. The zero-order valence-corrected chi connectivity index (χ0v) is 24.6. The van der Waals surface area contributed by atoms with Gasteiger partial charge in [0.1, 0.15) is 0 Å². The molecule has 0 saturated carbocycles. The van der Waals surface area contributed by atoms with E-state index in [-0.39, 0.29) is 10.8 Å². The molecule has 0 aliphatic heterocycles. The standard InChI is InChI=1S/C28H37.2ClH.Zr/c1-18(2)12-20-13-21-11-10-19(3)26(25(21)14-20)22-15-23(27(4,5)6)17-24(16-22)28(7,8)9;;;/h10-11,13-18H,12H2,1-9H3;2*1H;/q-1;;;+2/p-2.